The number of rotatable bonds is 7. The van der Waals surface area contributed by atoms with Gasteiger partial charge in [-0.05, 0) is 41.8 Å². The van der Waals surface area contributed by atoms with Crippen molar-refractivity contribution in [3.8, 4) is 0 Å². The number of para-hydroxylation sites is 1. The molecule has 3 rings (SSSR count). The summed E-state index contributed by atoms with van der Waals surface area (Å²) in [5, 5.41) is 3.70. The number of nitrogens with one attached hydrogen (secondary N) is 1. The molecule has 6 heteroatoms. The van der Waals surface area contributed by atoms with Gasteiger partial charge in [0.2, 0.25) is 5.91 Å². The van der Waals surface area contributed by atoms with Gasteiger partial charge in [0, 0.05) is 24.7 Å². The smallest absolute Gasteiger partial charge is 0.291 e. The van der Waals surface area contributed by atoms with E-state index in [0.717, 1.165) is 10.9 Å². The maximum Gasteiger partial charge on any atom is 0.291 e. The first kappa shape index (κ1) is 20.6. The molecule has 0 saturated carbocycles. The number of furan rings is 1. The Morgan fingerprint density at radius 2 is 1.79 bits per heavy atom. The van der Waals surface area contributed by atoms with Crippen molar-refractivity contribution < 1.29 is 14.0 Å². The summed E-state index contributed by atoms with van der Waals surface area (Å²) >= 11 is 0. The topological polar surface area (TPSA) is 88.6 Å². The molecule has 1 aromatic heterocycles. The van der Waals surface area contributed by atoms with E-state index in [1.54, 1.807) is 30.1 Å². The van der Waals surface area contributed by atoms with Crippen LogP contribution in [0.1, 0.15) is 30.0 Å². The number of fused-ring (bicyclic) bond motifs is 1. The number of amides is 2. The van der Waals surface area contributed by atoms with Crippen LogP contribution in [0.5, 0.6) is 0 Å². The molecule has 6 nitrogen and oxygen atoms in total. The number of nitrogens with two attached hydrogens (primary N) is 1. The lowest BCUT2D eigenvalue weighted by atomic mass is 9.93. The summed E-state index contributed by atoms with van der Waals surface area (Å²) in [6.07, 6.45) is 0.301. The second-order valence-electron chi connectivity index (χ2n) is 8.09. The predicted molar refractivity (Wildman–Crippen MR) is 115 cm³/mol. The van der Waals surface area contributed by atoms with E-state index < -0.39 is 0 Å². The number of likely N-dealkylation sites (N-methyl/N-ethyl adjacent to an activating group) is 1. The fraction of sp³-hybridized carbons (Fsp3) is 0.304. The first-order valence-corrected chi connectivity index (χ1v) is 9.60. The molecule has 0 saturated heterocycles. The van der Waals surface area contributed by atoms with Crippen molar-refractivity contribution in [3.05, 3.63) is 65.9 Å². The number of anilines is 1. The summed E-state index contributed by atoms with van der Waals surface area (Å²) in [5.41, 5.74) is 7.83. The third-order valence-corrected chi connectivity index (χ3v) is 4.86. The molecule has 0 atom stereocenters. The van der Waals surface area contributed by atoms with Crippen molar-refractivity contribution in [2.75, 3.05) is 25.5 Å². The van der Waals surface area contributed by atoms with Gasteiger partial charge in [-0.3, -0.25) is 9.59 Å². The fourth-order valence-corrected chi connectivity index (χ4v) is 3.10. The van der Waals surface area contributed by atoms with E-state index in [0.29, 0.717) is 30.8 Å². The van der Waals surface area contributed by atoms with Crippen LogP contribution in [0.15, 0.2) is 59.0 Å². The average molecular weight is 393 g/mol. The van der Waals surface area contributed by atoms with Crippen molar-refractivity contribution in [2.24, 2.45) is 11.1 Å². The van der Waals surface area contributed by atoms with Gasteiger partial charge in [0.25, 0.3) is 5.91 Å². The average Bonchev–Trinajstić information content (AvgIpc) is 3.13. The van der Waals surface area contributed by atoms with Crippen LogP contribution < -0.4 is 11.1 Å². The van der Waals surface area contributed by atoms with Crippen LogP contribution in [-0.4, -0.2) is 36.9 Å². The first-order chi connectivity index (χ1) is 13.8. The summed E-state index contributed by atoms with van der Waals surface area (Å²) in [6.45, 7) is 5.20. The highest BCUT2D eigenvalue weighted by Crippen LogP contribution is 2.20. The molecule has 2 aromatic carbocycles. The minimum atomic E-state index is -0.311. The molecule has 2 amide bonds. The van der Waals surface area contributed by atoms with E-state index >= 15 is 0 Å². The zero-order chi connectivity index (χ0) is 21.0. The monoisotopic (exact) mass is 393 g/mol. The van der Waals surface area contributed by atoms with E-state index in [4.69, 9.17) is 10.2 Å². The van der Waals surface area contributed by atoms with Gasteiger partial charge >= 0.3 is 0 Å². The zero-order valence-electron chi connectivity index (χ0n) is 17.1. The van der Waals surface area contributed by atoms with E-state index in [1.807, 2.05) is 50.2 Å². The SMILES string of the molecule is CN(CC(C)(C)CN)C(=O)Cc1ccc(NC(=O)c2cc3ccccc3o2)cc1. The molecule has 0 fully saturated rings. The molecule has 3 N–H and O–H groups in total. The number of hydrogen-bond acceptors (Lipinski definition) is 4. The number of hydrogen-bond donors (Lipinski definition) is 2. The van der Waals surface area contributed by atoms with Gasteiger partial charge in [-0.1, -0.05) is 44.2 Å². The molecule has 0 bridgehead atoms. The zero-order valence-corrected chi connectivity index (χ0v) is 17.1. The molecule has 0 aliphatic rings. The summed E-state index contributed by atoms with van der Waals surface area (Å²) in [7, 11) is 1.79. The maximum atomic E-state index is 12.4. The highest BCUT2D eigenvalue weighted by molar-refractivity contribution is 6.04. The number of benzene rings is 2. The van der Waals surface area contributed by atoms with Gasteiger partial charge in [0.05, 0.1) is 6.42 Å². The summed E-state index contributed by atoms with van der Waals surface area (Å²) in [5.74, 6) is -0.0195. The second kappa shape index (κ2) is 8.49. The third kappa shape index (κ3) is 5.23. The Balaban J connectivity index is 1.59. The molecule has 29 heavy (non-hydrogen) atoms. The normalized spacial score (nSPS) is 11.4. The Hall–Kier alpha value is -3.12. The first-order valence-electron chi connectivity index (χ1n) is 9.60. The summed E-state index contributed by atoms with van der Waals surface area (Å²) < 4.78 is 5.58. The number of carbonyl (C=O) groups excluding carboxylic acids is 2. The second-order valence-corrected chi connectivity index (χ2v) is 8.09. The van der Waals surface area contributed by atoms with Gasteiger partial charge in [0.15, 0.2) is 5.76 Å². The van der Waals surface area contributed by atoms with E-state index in [-0.39, 0.29) is 23.0 Å². The van der Waals surface area contributed by atoms with Crippen LogP contribution in [0.3, 0.4) is 0 Å². The molecule has 0 unspecified atom stereocenters. The van der Waals surface area contributed by atoms with E-state index in [2.05, 4.69) is 5.32 Å². The Morgan fingerprint density at radius 3 is 2.45 bits per heavy atom. The fourth-order valence-electron chi connectivity index (χ4n) is 3.10. The molecule has 152 valence electrons. The molecule has 0 radical (unpaired) electrons. The highest BCUT2D eigenvalue weighted by Gasteiger charge is 2.21. The van der Waals surface area contributed by atoms with Gasteiger partial charge in [-0.25, -0.2) is 0 Å². The Morgan fingerprint density at radius 1 is 1.10 bits per heavy atom. The van der Waals surface area contributed by atoms with Crippen molar-refractivity contribution in [1.82, 2.24) is 4.90 Å². The highest BCUT2D eigenvalue weighted by atomic mass is 16.3. The largest absolute Gasteiger partial charge is 0.451 e. The molecular formula is C23H27N3O3. The molecular weight excluding hydrogens is 366 g/mol. The van der Waals surface area contributed by atoms with Crippen LogP contribution in [0, 0.1) is 5.41 Å². The van der Waals surface area contributed by atoms with Crippen LogP contribution in [0.25, 0.3) is 11.0 Å². The Kier molecular flexibility index (Phi) is 6.03. The molecule has 3 aromatic rings. The van der Waals surface area contributed by atoms with Gasteiger partial charge in [-0.2, -0.15) is 0 Å². The van der Waals surface area contributed by atoms with Gasteiger partial charge in [-0.15, -0.1) is 0 Å². The van der Waals surface area contributed by atoms with Crippen LogP contribution >= 0.6 is 0 Å². The van der Waals surface area contributed by atoms with Crippen molar-refractivity contribution in [2.45, 2.75) is 20.3 Å². The number of nitrogens with zero attached hydrogens (tertiary/aromatic N) is 1. The van der Waals surface area contributed by atoms with Crippen LogP contribution in [-0.2, 0) is 11.2 Å². The third-order valence-electron chi connectivity index (χ3n) is 4.86. The minimum Gasteiger partial charge on any atom is -0.451 e. The lowest BCUT2D eigenvalue weighted by Crippen LogP contribution is -2.40. The molecule has 0 aliphatic carbocycles. The van der Waals surface area contributed by atoms with Gasteiger partial charge < -0.3 is 20.4 Å². The number of carbonyl (C=O) groups is 2. The maximum absolute atomic E-state index is 12.4. The van der Waals surface area contributed by atoms with Crippen molar-refractivity contribution >= 4 is 28.5 Å². The van der Waals surface area contributed by atoms with E-state index in [9.17, 15) is 9.59 Å². The summed E-state index contributed by atoms with van der Waals surface area (Å²) in [6, 6.07) is 16.4. The molecule has 1 heterocycles. The minimum absolute atomic E-state index is 0.0330. The quantitative estimate of drug-likeness (QED) is 0.641. The standard InChI is InChI=1S/C23H27N3O3/c1-23(2,14-24)15-26(3)21(27)12-16-8-10-18(11-9-16)25-22(28)20-13-17-6-4-5-7-19(17)29-20/h4-11,13H,12,14-15,24H2,1-3H3,(H,25,28). The summed E-state index contributed by atoms with van der Waals surface area (Å²) in [4.78, 5) is 26.6. The lowest BCUT2D eigenvalue weighted by Gasteiger charge is -2.29. The van der Waals surface area contributed by atoms with Crippen LogP contribution in [0.4, 0.5) is 5.69 Å². The van der Waals surface area contributed by atoms with Crippen LogP contribution in [0.2, 0.25) is 0 Å². The van der Waals surface area contributed by atoms with Gasteiger partial charge in [0.1, 0.15) is 5.58 Å². The molecule has 0 spiro atoms. The Bertz CT molecular complexity index is 973. The lowest BCUT2D eigenvalue weighted by molar-refractivity contribution is -0.130. The Labute approximate surface area is 170 Å². The van der Waals surface area contributed by atoms with Crippen molar-refractivity contribution in [1.29, 1.82) is 0 Å². The van der Waals surface area contributed by atoms with Crippen molar-refractivity contribution in [3.63, 3.8) is 0 Å². The predicted octanol–water partition coefficient (Wildman–Crippen LogP) is 3.67. The molecule has 0 aliphatic heterocycles. The van der Waals surface area contributed by atoms with E-state index in [1.165, 1.54) is 0 Å².